The molecule has 0 unspecified atom stereocenters. The van der Waals surface area contributed by atoms with Crippen molar-refractivity contribution in [1.82, 2.24) is 19.7 Å². The zero-order valence-electron chi connectivity index (χ0n) is 15.8. The highest BCUT2D eigenvalue weighted by atomic mass is 16.5. The number of nitrogens with zero attached hydrogens (tertiary/aromatic N) is 5. The lowest BCUT2D eigenvalue weighted by Gasteiger charge is -2.19. The summed E-state index contributed by atoms with van der Waals surface area (Å²) >= 11 is 0. The van der Waals surface area contributed by atoms with Gasteiger partial charge in [0.05, 0.1) is 23.6 Å². The van der Waals surface area contributed by atoms with E-state index in [-0.39, 0.29) is 17.8 Å². The average molecular weight is 357 g/mol. The number of fused-ring (bicyclic) bond motifs is 2. The second-order valence-electron chi connectivity index (χ2n) is 7.92. The first-order valence-electron chi connectivity index (χ1n) is 9.70. The number of carbonyl (C=O) groups is 1. The summed E-state index contributed by atoms with van der Waals surface area (Å²) in [5.41, 5.74) is 1.99. The summed E-state index contributed by atoms with van der Waals surface area (Å²) in [5, 5.41) is 5.94. The highest BCUT2D eigenvalue weighted by Gasteiger charge is 2.45. The van der Waals surface area contributed by atoms with E-state index < -0.39 is 0 Å². The van der Waals surface area contributed by atoms with Crippen LogP contribution in [-0.2, 0) is 22.5 Å². The van der Waals surface area contributed by atoms with Crippen molar-refractivity contribution in [2.45, 2.75) is 46.6 Å². The Bertz CT molecular complexity index is 816. The van der Waals surface area contributed by atoms with Gasteiger partial charge in [0.15, 0.2) is 5.65 Å². The Kier molecular flexibility index (Phi) is 4.54. The first kappa shape index (κ1) is 17.2. The number of anilines is 1. The zero-order valence-corrected chi connectivity index (χ0v) is 15.8. The van der Waals surface area contributed by atoms with Crippen LogP contribution < -0.4 is 4.90 Å². The largest absolute Gasteiger partial charge is 0.465 e. The Morgan fingerprint density at radius 2 is 2.15 bits per heavy atom. The predicted molar refractivity (Wildman–Crippen MR) is 98.9 cm³/mol. The Morgan fingerprint density at radius 1 is 1.31 bits per heavy atom. The molecule has 0 saturated carbocycles. The molecule has 4 rings (SSSR count). The van der Waals surface area contributed by atoms with Gasteiger partial charge in [0.2, 0.25) is 0 Å². The summed E-state index contributed by atoms with van der Waals surface area (Å²) in [6.45, 7) is 9.49. The smallest absolute Gasteiger partial charge is 0.311 e. The van der Waals surface area contributed by atoms with Crippen molar-refractivity contribution < 1.29 is 9.53 Å². The van der Waals surface area contributed by atoms with Crippen LogP contribution in [0.2, 0.25) is 0 Å². The minimum Gasteiger partial charge on any atom is -0.465 e. The molecule has 2 fully saturated rings. The van der Waals surface area contributed by atoms with Gasteiger partial charge in [0.25, 0.3) is 0 Å². The summed E-state index contributed by atoms with van der Waals surface area (Å²) in [7, 11) is 0. The van der Waals surface area contributed by atoms with E-state index in [0.29, 0.717) is 19.1 Å². The molecule has 140 valence electrons. The molecule has 2 saturated heterocycles. The molecular formula is C19H27N5O2. The molecule has 7 heteroatoms. The van der Waals surface area contributed by atoms with Crippen molar-refractivity contribution in [3.05, 3.63) is 12.0 Å². The molecule has 0 amide bonds. The maximum atomic E-state index is 11.9. The van der Waals surface area contributed by atoms with Gasteiger partial charge in [-0.15, -0.1) is 0 Å². The number of rotatable bonds is 6. The fourth-order valence-corrected chi connectivity index (χ4v) is 4.07. The lowest BCUT2D eigenvalue weighted by Crippen LogP contribution is -2.25. The van der Waals surface area contributed by atoms with Gasteiger partial charge >= 0.3 is 5.97 Å². The van der Waals surface area contributed by atoms with E-state index in [2.05, 4.69) is 35.6 Å². The molecule has 2 aromatic rings. The minimum atomic E-state index is -0.0659. The van der Waals surface area contributed by atoms with E-state index in [1.165, 1.54) is 0 Å². The molecule has 0 aliphatic carbocycles. The molecule has 4 heterocycles. The van der Waals surface area contributed by atoms with Crippen LogP contribution >= 0.6 is 0 Å². The van der Waals surface area contributed by atoms with Crippen LogP contribution in [0, 0.1) is 17.8 Å². The molecule has 7 nitrogen and oxygen atoms in total. The summed E-state index contributed by atoms with van der Waals surface area (Å²) in [4.78, 5) is 23.3. The van der Waals surface area contributed by atoms with Gasteiger partial charge in [-0.25, -0.2) is 14.6 Å². The number of esters is 1. The third kappa shape index (κ3) is 2.93. The minimum absolute atomic E-state index is 0.0244. The third-order valence-electron chi connectivity index (χ3n) is 5.39. The van der Waals surface area contributed by atoms with Gasteiger partial charge in [-0.2, -0.15) is 5.10 Å². The maximum absolute atomic E-state index is 11.9. The topological polar surface area (TPSA) is 73.1 Å². The van der Waals surface area contributed by atoms with Gasteiger partial charge in [0, 0.05) is 25.6 Å². The maximum Gasteiger partial charge on any atom is 0.311 e. The molecule has 2 atom stereocenters. The van der Waals surface area contributed by atoms with Crippen molar-refractivity contribution in [2.24, 2.45) is 17.8 Å². The van der Waals surface area contributed by atoms with Gasteiger partial charge in [-0.05, 0) is 18.8 Å². The molecule has 0 N–H and O–H groups in total. The second kappa shape index (κ2) is 6.85. The Labute approximate surface area is 153 Å². The normalized spacial score (nSPS) is 22.5. The molecule has 0 radical (unpaired) electrons. The number of ether oxygens (including phenoxy) is 1. The molecule has 2 aromatic heterocycles. The Hall–Kier alpha value is -2.18. The molecule has 26 heavy (non-hydrogen) atoms. The summed E-state index contributed by atoms with van der Waals surface area (Å²) < 4.78 is 7.24. The van der Waals surface area contributed by atoms with Gasteiger partial charge in [-0.1, -0.05) is 27.2 Å². The summed E-state index contributed by atoms with van der Waals surface area (Å²) in [6.07, 6.45) is 4.74. The van der Waals surface area contributed by atoms with Crippen LogP contribution in [-0.4, -0.2) is 45.4 Å². The molecular weight excluding hydrogens is 330 g/mol. The molecule has 0 spiro atoms. The number of hydrogen-bond donors (Lipinski definition) is 0. The lowest BCUT2D eigenvalue weighted by atomic mass is 10.0. The summed E-state index contributed by atoms with van der Waals surface area (Å²) in [5.74, 6) is 1.62. The van der Waals surface area contributed by atoms with Crippen molar-refractivity contribution in [2.75, 3.05) is 24.6 Å². The Balaban J connectivity index is 1.75. The Morgan fingerprint density at radius 3 is 2.88 bits per heavy atom. The van der Waals surface area contributed by atoms with E-state index >= 15 is 0 Å². The van der Waals surface area contributed by atoms with Crippen molar-refractivity contribution >= 4 is 22.8 Å². The summed E-state index contributed by atoms with van der Waals surface area (Å²) in [6, 6.07) is 0. The molecule has 2 aliphatic rings. The van der Waals surface area contributed by atoms with E-state index in [1.807, 2.05) is 4.68 Å². The van der Waals surface area contributed by atoms with Crippen molar-refractivity contribution in [3.63, 3.8) is 0 Å². The highest BCUT2D eigenvalue weighted by molar-refractivity contribution is 5.90. The quantitative estimate of drug-likeness (QED) is 0.740. The van der Waals surface area contributed by atoms with E-state index in [9.17, 15) is 4.79 Å². The van der Waals surface area contributed by atoms with Crippen LogP contribution in [0.15, 0.2) is 6.33 Å². The second-order valence-corrected chi connectivity index (χ2v) is 7.92. The van der Waals surface area contributed by atoms with E-state index in [1.54, 1.807) is 6.33 Å². The van der Waals surface area contributed by atoms with Crippen LogP contribution in [0.3, 0.4) is 0 Å². The predicted octanol–water partition coefficient (Wildman–Crippen LogP) is 2.43. The van der Waals surface area contributed by atoms with Crippen LogP contribution in [0.25, 0.3) is 11.0 Å². The highest BCUT2D eigenvalue weighted by Crippen LogP contribution is 2.36. The van der Waals surface area contributed by atoms with Crippen molar-refractivity contribution in [3.8, 4) is 0 Å². The van der Waals surface area contributed by atoms with Crippen LogP contribution in [0.1, 0.15) is 39.3 Å². The average Bonchev–Trinajstić information content (AvgIpc) is 3.28. The molecule has 2 aliphatic heterocycles. The number of aromatic nitrogens is 4. The SMILES string of the molecule is CCCCn1nc(CC(C)C)c2c(N3C[C@@H]4COC(=O)[C@@H]4C3)ncnc21. The number of hydrogen-bond acceptors (Lipinski definition) is 6. The zero-order chi connectivity index (χ0) is 18.3. The number of cyclic esters (lactones) is 1. The van der Waals surface area contributed by atoms with Gasteiger partial charge in [-0.3, -0.25) is 4.79 Å². The molecule has 0 bridgehead atoms. The monoisotopic (exact) mass is 357 g/mol. The van der Waals surface area contributed by atoms with Crippen LogP contribution in [0.4, 0.5) is 5.82 Å². The lowest BCUT2D eigenvalue weighted by molar-refractivity contribution is -0.140. The number of aryl methyl sites for hydroxylation is 1. The standard InChI is InChI=1S/C19H27N5O2/c1-4-5-6-24-18-16(15(22-24)7-12(2)3)17(20-11-21-18)23-8-13-10-26-19(25)14(13)9-23/h11-14H,4-10H2,1-3H3/t13-,14-/m1/s1. The molecule has 0 aromatic carbocycles. The third-order valence-corrected chi connectivity index (χ3v) is 5.39. The number of carbonyl (C=O) groups excluding carboxylic acids is 1. The van der Waals surface area contributed by atoms with E-state index in [0.717, 1.165) is 54.9 Å². The van der Waals surface area contributed by atoms with Crippen LogP contribution in [0.5, 0.6) is 0 Å². The fourth-order valence-electron chi connectivity index (χ4n) is 4.07. The van der Waals surface area contributed by atoms with E-state index in [4.69, 9.17) is 9.84 Å². The first-order valence-corrected chi connectivity index (χ1v) is 9.70. The van der Waals surface area contributed by atoms with Gasteiger partial charge < -0.3 is 9.64 Å². The first-order chi connectivity index (χ1) is 12.6. The fraction of sp³-hybridized carbons (Fsp3) is 0.684. The van der Waals surface area contributed by atoms with Crippen molar-refractivity contribution in [1.29, 1.82) is 0 Å². The number of unbranched alkanes of at least 4 members (excludes halogenated alkanes) is 1. The van der Waals surface area contributed by atoms with Gasteiger partial charge in [0.1, 0.15) is 12.1 Å².